The molecule has 0 radical (unpaired) electrons. The second-order valence-corrected chi connectivity index (χ2v) is 6.49. The Morgan fingerprint density at radius 3 is 2.71 bits per heavy atom. The number of rotatable bonds is 1. The minimum absolute atomic E-state index is 0.347. The summed E-state index contributed by atoms with van der Waals surface area (Å²) in [5.41, 5.74) is 6.13. The molecular weight excluding hydrogens is 280 g/mol. The topological polar surface area (TPSA) is 55.0 Å². The minimum Gasteiger partial charge on any atom is -0.383 e. The van der Waals surface area contributed by atoms with Crippen molar-refractivity contribution in [3.8, 4) is 0 Å². The Labute approximate surface area is 111 Å². The molecule has 0 aliphatic carbocycles. The van der Waals surface area contributed by atoms with Gasteiger partial charge >= 0.3 is 0 Å². The number of nitrogens with zero attached hydrogens (tertiary/aromatic N) is 3. The van der Waals surface area contributed by atoms with Gasteiger partial charge in [0.25, 0.3) is 0 Å². The van der Waals surface area contributed by atoms with E-state index in [-0.39, 0.29) is 0 Å². The number of aromatic nitrogens is 2. The maximum atomic E-state index is 5.78. The molecule has 0 aromatic carbocycles. The lowest BCUT2D eigenvalue weighted by atomic mass is 9.80. The highest BCUT2D eigenvalue weighted by Gasteiger charge is 2.33. The van der Waals surface area contributed by atoms with Crippen molar-refractivity contribution >= 4 is 27.6 Å². The van der Waals surface area contributed by atoms with E-state index < -0.39 is 0 Å². The Hall–Kier alpha value is -0.840. The van der Waals surface area contributed by atoms with Gasteiger partial charge in [-0.2, -0.15) is 0 Å². The Kier molecular flexibility index (Phi) is 3.30. The lowest BCUT2D eigenvalue weighted by molar-refractivity contribution is 0.263. The highest BCUT2D eigenvalue weighted by molar-refractivity contribution is 9.10. The van der Waals surface area contributed by atoms with E-state index in [1.54, 1.807) is 0 Å². The van der Waals surface area contributed by atoms with Crippen LogP contribution >= 0.6 is 15.9 Å². The average Bonchev–Trinajstić information content (AvgIpc) is 2.70. The fraction of sp³-hybridized carbons (Fsp3) is 0.667. The van der Waals surface area contributed by atoms with Gasteiger partial charge < -0.3 is 10.6 Å². The summed E-state index contributed by atoms with van der Waals surface area (Å²) >= 11 is 3.47. The number of nitrogen functional groups attached to an aromatic ring is 1. The summed E-state index contributed by atoms with van der Waals surface area (Å²) < 4.78 is 0.814. The van der Waals surface area contributed by atoms with Crippen LogP contribution in [0, 0.1) is 11.3 Å². The van der Waals surface area contributed by atoms with Crippen molar-refractivity contribution in [3.63, 3.8) is 0 Å². The smallest absolute Gasteiger partial charge is 0.148 e. The van der Waals surface area contributed by atoms with Crippen molar-refractivity contribution in [2.24, 2.45) is 11.3 Å². The molecule has 2 rings (SSSR count). The van der Waals surface area contributed by atoms with Crippen molar-refractivity contribution in [2.45, 2.75) is 27.2 Å². The number of halogens is 1. The Balaban J connectivity index is 2.18. The van der Waals surface area contributed by atoms with E-state index >= 15 is 0 Å². The van der Waals surface area contributed by atoms with Crippen LogP contribution in [0.5, 0.6) is 0 Å². The summed E-state index contributed by atoms with van der Waals surface area (Å²) in [4.78, 5) is 10.6. The first-order chi connectivity index (χ1) is 7.89. The first-order valence-corrected chi connectivity index (χ1v) is 6.70. The molecule has 1 aliphatic rings. The summed E-state index contributed by atoms with van der Waals surface area (Å²) in [6.45, 7) is 8.97. The van der Waals surface area contributed by atoms with Gasteiger partial charge in [-0.15, -0.1) is 0 Å². The van der Waals surface area contributed by atoms with Gasteiger partial charge in [0.05, 0.1) is 0 Å². The van der Waals surface area contributed by atoms with Gasteiger partial charge in [-0.05, 0) is 33.7 Å². The Bertz CT molecular complexity index is 413. The molecule has 2 heterocycles. The third-order valence-electron chi connectivity index (χ3n) is 3.51. The van der Waals surface area contributed by atoms with E-state index in [1.165, 1.54) is 12.7 Å². The van der Waals surface area contributed by atoms with Crippen LogP contribution < -0.4 is 10.6 Å². The quantitative estimate of drug-likeness (QED) is 0.866. The van der Waals surface area contributed by atoms with Crippen LogP contribution in [0.15, 0.2) is 10.8 Å². The molecule has 2 N–H and O–H groups in total. The van der Waals surface area contributed by atoms with Crippen LogP contribution in [0.25, 0.3) is 0 Å². The van der Waals surface area contributed by atoms with Crippen LogP contribution in [0.2, 0.25) is 0 Å². The van der Waals surface area contributed by atoms with Crippen LogP contribution in [-0.4, -0.2) is 23.1 Å². The highest BCUT2D eigenvalue weighted by atomic mass is 79.9. The van der Waals surface area contributed by atoms with Crippen LogP contribution in [0.1, 0.15) is 27.2 Å². The van der Waals surface area contributed by atoms with E-state index in [1.807, 2.05) is 0 Å². The largest absolute Gasteiger partial charge is 0.383 e. The highest BCUT2D eigenvalue weighted by Crippen LogP contribution is 2.37. The summed E-state index contributed by atoms with van der Waals surface area (Å²) in [5.74, 6) is 2.13. The molecule has 94 valence electrons. The molecule has 1 aromatic heterocycles. The minimum atomic E-state index is 0.347. The van der Waals surface area contributed by atoms with E-state index in [2.05, 4.69) is 51.6 Å². The predicted octanol–water partition coefficient (Wildman–Crippen LogP) is 2.69. The molecule has 5 heteroatoms. The maximum Gasteiger partial charge on any atom is 0.148 e. The van der Waals surface area contributed by atoms with Gasteiger partial charge in [-0.1, -0.05) is 20.8 Å². The zero-order valence-electron chi connectivity index (χ0n) is 10.6. The number of nitrogens with two attached hydrogens (primary N) is 1. The summed E-state index contributed by atoms with van der Waals surface area (Å²) in [6.07, 6.45) is 2.74. The standard InChI is InChI=1S/C12H19BrN4/c1-12(2,3)8-4-5-17(6-8)11-9(13)10(14)15-7-16-11/h7-8H,4-6H2,1-3H3,(H2,14,15,16). The molecule has 1 aromatic rings. The monoisotopic (exact) mass is 298 g/mol. The van der Waals surface area contributed by atoms with Crippen molar-refractivity contribution in [1.82, 2.24) is 9.97 Å². The first-order valence-electron chi connectivity index (χ1n) is 5.90. The molecule has 17 heavy (non-hydrogen) atoms. The van der Waals surface area contributed by atoms with Gasteiger partial charge in [0.1, 0.15) is 22.4 Å². The van der Waals surface area contributed by atoms with E-state index in [9.17, 15) is 0 Å². The molecule has 1 atom stereocenters. The average molecular weight is 299 g/mol. The van der Waals surface area contributed by atoms with Gasteiger partial charge in [0.15, 0.2) is 0 Å². The molecule has 0 spiro atoms. The van der Waals surface area contributed by atoms with Crippen molar-refractivity contribution < 1.29 is 0 Å². The fourth-order valence-corrected chi connectivity index (χ4v) is 2.71. The fourth-order valence-electron chi connectivity index (χ4n) is 2.25. The van der Waals surface area contributed by atoms with Gasteiger partial charge in [0, 0.05) is 13.1 Å². The third-order valence-corrected chi connectivity index (χ3v) is 4.27. The van der Waals surface area contributed by atoms with Crippen LogP contribution in [0.4, 0.5) is 11.6 Å². The van der Waals surface area contributed by atoms with E-state index in [4.69, 9.17) is 5.73 Å². The molecule has 0 amide bonds. The number of hydrogen-bond donors (Lipinski definition) is 1. The lowest BCUT2D eigenvalue weighted by Gasteiger charge is -2.27. The van der Waals surface area contributed by atoms with Crippen molar-refractivity contribution in [3.05, 3.63) is 10.8 Å². The zero-order valence-corrected chi connectivity index (χ0v) is 12.2. The van der Waals surface area contributed by atoms with E-state index in [0.29, 0.717) is 17.2 Å². The zero-order chi connectivity index (χ0) is 12.6. The van der Waals surface area contributed by atoms with Gasteiger partial charge in [-0.25, -0.2) is 9.97 Å². The Morgan fingerprint density at radius 1 is 1.41 bits per heavy atom. The number of anilines is 2. The SMILES string of the molecule is CC(C)(C)C1CCN(c2ncnc(N)c2Br)C1. The van der Waals surface area contributed by atoms with Crippen LogP contribution in [-0.2, 0) is 0 Å². The molecule has 0 saturated carbocycles. The van der Waals surface area contributed by atoms with E-state index in [0.717, 1.165) is 23.4 Å². The molecular formula is C12H19BrN4. The van der Waals surface area contributed by atoms with Gasteiger partial charge in [0.2, 0.25) is 0 Å². The van der Waals surface area contributed by atoms with Crippen LogP contribution in [0.3, 0.4) is 0 Å². The van der Waals surface area contributed by atoms with Crippen molar-refractivity contribution in [2.75, 3.05) is 23.7 Å². The molecule has 0 bridgehead atoms. The molecule has 1 aliphatic heterocycles. The number of hydrogen-bond acceptors (Lipinski definition) is 4. The second-order valence-electron chi connectivity index (χ2n) is 5.69. The van der Waals surface area contributed by atoms with Crippen molar-refractivity contribution in [1.29, 1.82) is 0 Å². The summed E-state index contributed by atoms with van der Waals surface area (Å²) in [5, 5.41) is 0. The lowest BCUT2D eigenvalue weighted by Crippen LogP contribution is -2.26. The molecule has 1 fully saturated rings. The summed E-state index contributed by atoms with van der Waals surface area (Å²) in [6, 6.07) is 0. The second kappa shape index (κ2) is 4.44. The Morgan fingerprint density at radius 2 is 2.12 bits per heavy atom. The molecule has 1 unspecified atom stereocenters. The molecule has 4 nitrogen and oxygen atoms in total. The third kappa shape index (κ3) is 2.54. The normalized spacial score (nSPS) is 20.9. The molecule has 1 saturated heterocycles. The first kappa shape index (κ1) is 12.6. The summed E-state index contributed by atoms with van der Waals surface area (Å²) in [7, 11) is 0. The predicted molar refractivity (Wildman–Crippen MR) is 73.9 cm³/mol. The maximum absolute atomic E-state index is 5.78. The van der Waals surface area contributed by atoms with Gasteiger partial charge in [-0.3, -0.25) is 0 Å².